The molecule has 0 saturated heterocycles. The minimum atomic E-state index is -3.90. The molecule has 0 radical (unpaired) electrons. The number of nitrogens with one attached hydrogen (secondary N) is 1. The number of nitrogens with zero attached hydrogens (tertiary/aromatic N) is 1. The molecule has 0 aliphatic carbocycles. The molecule has 1 amide bonds. The maximum absolute atomic E-state index is 12.9. The smallest absolute Gasteiger partial charge is 0.244 e. The van der Waals surface area contributed by atoms with Gasteiger partial charge in [-0.3, -0.25) is 4.79 Å². The number of anilines is 1. The van der Waals surface area contributed by atoms with E-state index >= 15 is 0 Å². The van der Waals surface area contributed by atoms with Crippen molar-refractivity contribution in [3.05, 3.63) is 17.7 Å². The first-order chi connectivity index (χ1) is 11.1. The van der Waals surface area contributed by atoms with Gasteiger partial charge in [0.05, 0.1) is 7.11 Å². The highest BCUT2D eigenvalue weighted by Gasteiger charge is 2.31. The van der Waals surface area contributed by atoms with Crippen LogP contribution >= 0.6 is 11.8 Å². The third-order valence-corrected chi connectivity index (χ3v) is 5.51. The molecule has 0 aliphatic heterocycles. The number of hydrogen-bond donors (Lipinski definition) is 1. The van der Waals surface area contributed by atoms with E-state index in [-0.39, 0.29) is 21.7 Å². The summed E-state index contributed by atoms with van der Waals surface area (Å²) in [6.07, 6.45) is 0. The van der Waals surface area contributed by atoms with Crippen molar-refractivity contribution in [2.24, 2.45) is 0 Å². The van der Waals surface area contributed by atoms with Gasteiger partial charge in [-0.25, -0.2) is 17.6 Å². The van der Waals surface area contributed by atoms with E-state index in [9.17, 15) is 13.2 Å². The molecular weight excluding hydrogens is 364 g/mol. The van der Waals surface area contributed by atoms with Crippen molar-refractivity contribution in [2.75, 3.05) is 11.5 Å². The van der Waals surface area contributed by atoms with Crippen molar-refractivity contribution in [1.82, 2.24) is 4.72 Å². The summed E-state index contributed by atoms with van der Waals surface area (Å²) in [5, 5.41) is 0. The van der Waals surface area contributed by atoms with E-state index in [0.29, 0.717) is 5.56 Å². The van der Waals surface area contributed by atoms with Gasteiger partial charge in [0, 0.05) is 24.2 Å². The Labute approximate surface area is 155 Å². The standard InChI is InChI=1S/C17H27ClN2O4S/c1-11(21)20(18)13-9-12(16(2,3)4)10-14(15(13)24-8)25(22,23)19-17(5,6)7/h9-10,19H,1-8H3. The molecule has 1 rings (SSSR count). The number of sulfonamides is 1. The Balaban J connectivity index is 3.82. The SMILES string of the molecule is COc1c(N(Cl)C(C)=O)cc(C(C)(C)C)cc1S(=O)(=O)NC(C)(C)C. The van der Waals surface area contributed by atoms with Crippen LogP contribution in [0.3, 0.4) is 0 Å². The molecule has 1 N–H and O–H groups in total. The van der Waals surface area contributed by atoms with Crippen molar-refractivity contribution in [1.29, 1.82) is 0 Å². The number of rotatable bonds is 4. The largest absolute Gasteiger partial charge is 0.493 e. The Kier molecular flexibility index (Phi) is 6.20. The van der Waals surface area contributed by atoms with E-state index in [0.717, 1.165) is 4.42 Å². The summed E-state index contributed by atoms with van der Waals surface area (Å²) in [6.45, 7) is 12.4. The molecule has 0 heterocycles. The predicted molar refractivity (Wildman–Crippen MR) is 101 cm³/mol. The highest BCUT2D eigenvalue weighted by Crippen LogP contribution is 2.40. The molecule has 0 spiro atoms. The highest BCUT2D eigenvalue weighted by molar-refractivity contribution is 7.89. The molecule has 1 aromatic carbocycles. The number of halogens is 1. The zero-order chi connectivity index (χ0) is 19.8. The van der Waals surface area contributed by atoms with Gasteiger partial charge in [0.1, 0.15) is 10.6 Å². The first-order valence-corrected chi connectivity index (χ1v) is 9.65. The first-order valence-electron chi connectivity index (χ1n) is 7.83. The Morgan fingerprint density at radius 2 is 1.68 bits per heavy atom. The van der Waals surface area contributed by atoms with Crippen molar-refractivity contribution in [2.45, 2.75) is 64.3 Å². The quantitative estimate of drug-likeness (QED) is 0.797. The van der Waals surface area contributed by atoms with Gasteiger partial charge in [-0.15, -0.1) is 0 Å². The lowest BCUT2D eigenvalue weighted by atomic mass is 9.86. The second-order valence-electron chi connectivity index (χ2n) is 7.93. The average molecular weight is 391 g/mol. The van der Waals surface area contributed by atoms with Gasteiger partial charge >= 0.3 is 0 Å². The number of methoxy groups -OCH3 is 1. The second kappa shape index (κ2) is 7.13. The molecule has 8 heteroatoms. The number of ether oxygens (including phenoxy) is 1. The van der Waals surface area contributed by atoms with Crippen LogP contribution in [0.4, 0.5) is 5.69 Å². The highest BCUT2D eigenvalue weighted by atomic mass is 35.5. The van der Waals surface area contributed by atoms with Gasteiger partial charge in [-0.05, 0) is 43.9 Å². The maximum Gasteiger partial charge on any atom is 0.244 e. The Morgan fingerprint density at radius 3 is 2.04 bits per heavy atom. The fourth-order valence-corrected chi connectivity index (χ4v) is 3.95. The molecule has 25 heavy (non-hydrogen) atoms. The van der Waals surface area contributed by atoms with Crippen LogP contribution in [0.5, 0.6) is 5.75 Å². The van der Waals surface area contributed by atoms with Crippen LogP contribution < -0.4 is 13.9 Å². The molecule has 1 aromatic rings. The zero-order valence-electron chi connectivity index (χ0n) is 16.0. The summed E-state index contributed by atoms with van der Waals surface area (Å²) in [5.41, 5.74) is -0.132. The maximum atomic E-state index is 12.9. The predicted octanol–water partition coefficient (Wildman–Crippen LogP) is 3.58. The van der Waals surface area contributed by atoms with Gasteiger partial charge in [0.15, 0.2) is 5.75 Å². The third kappa shape index (κ3) is 5.33. The van der Waals surface area contributed by atoms with Crippen LogP contribution in [-0.4, -0.2) is 27.0 Å². The van der Waals surface area contributed by atoms with Crippen molar-refractivity contribution in [3.63, 3.8) is 0 Å². The van der Waals surface area contributed by atoms with Gasteiger partial charge < -0.3 is 4.74 Å². The van der Waals surface area contributed by atoms with Crippen LogP contribution in [0.25, 0.3) is 0 Å². The molecule has 0 aromatic heterocycles. The third-order valence-electron chi connectivity index (χ3n) is 3.32. The Hall–Kier alpha value is -1.31. The molecule has 142 valence electrons. The van der Waals surface area contributed by atoms with E-state index in [2.05, 4.69) is 4.72 Å². The monoisotopic (exact) mass is 390 g/mol. The van der Waals surface area contributed by atoms with Crippen LogP contribution in [0.15, 0.2) is 17.0 Å². The fourth-order valence-electron chi connectivity index (χ4n) is 2.20. The van der Waals surface area contributed by atoms with E-state index < -0.39 is 21.5 Å². The molecule has 0 saturated carbocycles. The van der Waals surface area contributed by atoms with Crippen molar-refractivity contribution >= 4 is 33.4 Å². The van der Waals surface area contributed by atoms with Crippen LogP contribution in [0.2, 0.25) is 0 Å². The second-order valence-corrected chi connectivity index (χ2v) is 9.92. The molecule has 0 bridgehead atoms. The normalized spacial score (nSPS) is 12.8. The molecule has 0 aliphatic rings. The van der Waals surface area contributed by atoms with E-state index in [4.69, 9.17) is 16.5 Å². The van der Waals surface area contributed by atoms with Crippen LogP contribution in [0, 0.1) is 0 Å². The number of benzene rings is 1. The summed E-state index contributed by atoms with van der Waals surface area (Å²) in [7, 11) is -2.55. The Morgan fingerprint density at radius 1 is 1.16 bits per heavy atom. The lowest BCUT2D eigenvalue weighted by Gasteiger charge is -2.27. The topological polar surface area (TPSA) is 75.7 Å². The fraction of sp³-hybridized carbons (Fsp3) is 0.588. The minimum absolute atomic E-state index is 0.0231. The van der Waals surface area contributed by atoms with E-state index in [1.807, 2.05) is 20.8 Å². The number of hydrogen-bond acceptors (Lipinski definition) is 4. The van der Waals surface area contributed by atoms with Gasteiger partial charge in [0.2, 0.25) is 15.9 Å². The van der Waals surface area contributed by atoms with Crippen LogP contribution in [-0.2, 0) is 20.2 Å². The number of carbonyl (C=O) groups is 1. The van der Waals surface area contributed by atoms with Gasteiger partial charge in [0.25, 0.3) is 0 Å². The number of carbonyl (C=O) groups excluding carboxylic acids is 1. The van der Waals surface area contributed by atoms with E-state index in [1.54, 1.807) is 32.9 Å². The Bertz CT molecular complexity index is 762. The zero-order valence-corrected chi connectivity index (χ0v) is 17.6. The number of amides is 1. The van der Waals surface area contributed by atoms with Gasteiger partial charge in [-0.2, -0.15) is 0 Å². The van der Waals surface area contributed by atoms with Crippen LogP contribution in [0.1, 0.15) is 54.0 Å². The van der Waals surface area contributed by atoms with Crippen molar-refractivity contribution < 1.29 is 17.9 Å². The summed E-state index contributed by atoms with van der Waals surface area (Å²) in [4.78, 5) is 11.7. The summed E-state index contributed by atoms with van der Waals surface area (Å²) < 4.78 is 34.6. The van der Waals surface area contributed by atoms with Gasteiger partial charge in [-0.1, -0.05) is 20.8 Å². The summed E-state index contributed by atoms with van der Waals surface area (Å²) in [6, 6.07) is 3.23. The van der Waals surface area contributed by atoms with Crippen molar-refractivity contribution in [3.8, 4) is 5.75 Å². The molecule has 6 nitrogen and oxygen atoms in total. The summed E-state index contributed by atoms with van der Waals surface area (Å²) >= 11 is 6.09. The minimum Gasteiger partial charge on any atom is -0.493 e. The lowest BCUT2D eigenvalue weighted by molar-refractivity contribution is -0.115. The lowest BCUT2D eigenvalue weighted by Crippen LogP contribution is -2.40. The molecule has 0 unspecified atom stereocenters. The molecular formula is C17H27ClN2O4S. The van der Waals surface area contributed by atoms with E-state index in [1.165, 1.54) is 14.0 Å². The average Bonchev–Trinajstić information content (AvgIpc) is 2.41. The first kappa shape index (κ1) is 21.7. The molecule has 0 fully saturated rings. The molecule has 0 atom stereocenters. The summed E-state index contributed by atoms with van der Waals surface area (Å²) in [5.74, 6) is -0.423.